The van der Waals surface area contributed by atoms with Crippen molar-refractivity contribution in [3.05, 3.63) is 29.3 Å². The van der Waals surface area contributed by atoms with Crippen LogP contribution < -0.4 is 5.73 Å². The van der Waals surface area contributed by atoms with E-state index in [1.54, 1.807) is 6.07 Å². The van der Waals surface area contributed by atoms with Crippen LogP contribution in [-0.2, 0) is 6.42 Å². The highest BCUT2D eigenvalue weighted by Gasteiger charge is 2.07. The van der Waals surface area contributed by atoms with Crippen LogP contribution in [0.2, 0.25) is 0 Å². The first kappa shape index (κ1) is 9.07. The van der Waals surface area contributed by atoms with Crippen molar-refractivity contribution in [1.82, 2.24) is 0 Å². The van der Waals surface area contributed by atoms with Crippen molar-refractivity contribution in [3.8, 4) is 6.07 Å². The SMILES string of the molecule is N#CCc1ccc(N)c(C(=O)O)c1. The first-order valence-electron chi connectivity index (χ1n) is 3.64. The zero-order chi connectivity index (χ0) is 9.84. The van der Waals surface area contributed by atoms with Crippen LogP contribution in [0.15, 0.2) is 18.2 Å². The predicted octanol–water partition coefficient (Wildman–Crippen LogP) is 1.03. The van der Waals surface area contributed by atoms with Gasteiger partial charge in [0.15, 0.2) is 0 Å². The first-order valence-corrected chi connectivity index (χ1v) is 3.64. The van der Waals surface area contributed by atoms with Crippen LogP contribution in [0.5, 0.6) is 0 Å². The van der Waals surface area contributed by atoms with Gasteiger partial charge in [-0.15, -0.1) is 0 Å². The zero-order valence-corrected chi connectivity index (χ0v) is 6.82. The van der Waals surface area contributed by atoms with Gasteiger partial charge in [0.05, 0.1) is 18.1 Å². The Hall–Kier alpha value is -2.02. The number of anilines is 1. The number of hydrogen-bond donors (Lipinski definition) is 2. The van der Waals surface area contributed by atoms with E-state index < -0.39 is 5.97 Å². The average molecular weight is 176 g/mol. The van der Waals surface area contributed by atoms with Gasteiger partial charge in [0.1, 0.15) is 0 Å². The molecule has 1 aromatic rings. The number of nitrogen functional groups attached to an aromatic ring is 1. The molecule has 0 radical (unpaired) electrons. The largest absolute Gasteiger partial charge is 0.478 e. The van der Waals surface area contributed by atoms with Crippen molar-refractivity contribution in [2.75, 3.05) is 5.73 Å². The van der Waals surface area contributed by atoms with Gasteiger partial charge in [0, 0.05) is 5.69 Å². The van der Waals surface area contributed by atoms with Gasteiger partial charge in [-0.3, -0.25) is 0 Å². The van der Waals surface area contributed by atoms with E-state index in [0.717, 1.165) is 0 Å². The Labute approximate surface area is 75.2 Å². The van der Waals surface area contributed by atoms with Crippen molar-refractivity contribution >= 4 is 11.7 Å². The van der Waals surface area contributed by atoms with Gasteiger partial charge in [-0.05, 0) is 17.7 Å². The van der Waals surface area contributed by atoms with Gasteiger partial charge in [-0.1, -0.05) is 6.07 Å². The molecule has 0 bridgehead atoms. The summed E-state index contributed by atoms with van der Waals surface area (Å²) in [6.07, 6.45) is 0.195. The normalized spacial score (nSPS) is 9.15. The van der Waals surface area contributed by atoms with Gasteiger partial charge >= 0.3 is 5.97 Å². The minimum atomic E-state index is -1.07. The summed E-state index contributed by atoms with van der Waals surface area (Å²) < 4.78 is 0. The Kier molecular flexibility index (Phi) is 2.50. The molecule has 13 heavy (non-hydrogen) atoms. The van der Waals surface area contributed by atoms with Crippen molar-refractivity contribution in [2.45, 2.75) is 6.42 Å². The fourth-order valence-corrected chi connectivity index (χ4v) is 0.990. The number of aromatic carboxylic acids is 1. The van der Waals surface area contributed by atoms with Crippen LogP contribution in [0.25, 0.3) is 0 Å². The summed E-state index contributed by atoms with van der Waals surface area (Å²) in [5.41, 5.74) is 6.35. The quantitative estimate of drug-likeness (QED) is 0.659. The summed E-state index contributed by atoms with van der Waals surface area (Å²) in [5.74, 6) is -1.07. The molecule has 4 nitrogen and oxygen atoms in total. The highest BCUT2D eigenvalue weighted by Crippen LogP contribution is 2.14. The van der Waals surface area contributed by atoms with E-state index in [2.05, 4.69) is 0 Å². The van der Waals surface area contributed by atoms with Crippen LogP contribution in [-0.4, -0.2) is 11.1 Å². The van der Waals surface area contributed by atoms with Crippen molar-refractivity contribution in [3.63, 3.8) is 0 Å². The highest BCUT2D eigenvalue weighted by molar-refractivity contribution is 5.93. The number of hydrogen-bond acceptors (Lipinski definition) is 3. The van der Waals surface area contributed by atoms with Crippen molar-refractivity contribution in [2.24, 2.45) is 0 Å². The van der Waals surface area contributed by atoms with Gasteiger partial charge < -0.3 is 10.8 Å². The Bertz CT molecular complexity index is 380. The van der Waals surface area contributed by atoms with E-state index in [1.807, 2.05) is 6.07 Å². The monoisotopic (exact) mass is 176 g/mol. The van der Waals surface area contributed by atoms with E-state index in [0.29, 0.717) is 5.56 Å². The predicted molar refractivity (Wildman–Crippen MR) is 47.1 cm³/mol. The van der Waals surface area contributed by atoms with Crippen LogP contribution in [0.4, 0.5) is 5.69 Å². The Morgan fingerprint density at radius 3 is 2.85 bits per heavy atom. The third-order valence-corrected chi connectivity index (χ3v) is 1.63. The smallest absolute Gasteiger partial charge is 0.337 e. The fourth-order valence-electron chi connectivity index (χ4n) is 0.990. The Morgan fingerprint density at radius 1 is 1.62 bits per heavy atom. The molecular formula is C9H8N2O2. The lowest BCUT2D eigenvalue weighted by Crippen LogP contribution is -2.03. The number of carboxylic acids is 1. The number of carboxylic acid groups (broad SMARTS) is 1. The van der Waals surface area contributed by atoms with Crippen LogP contribution in [0.3, 0.4) is 0 Å². The maximum atomic E-state index is 10.6. The van der Waals surface area contributed by atoms with E-state index in [4.69, 9.17) is 16.1 Å². The Morgan fingerprint density at radius 2 is 2.31 bits per heavy atom. The first-order chi connectivity index (χ1) is 6.15. The van der Waals surface area contributed by atoms with Crippen LogP contribution in [0.1, 0.15) is 15.9 Å². The second-order valence-electron chi connectivity index (χ2n) is 2.56. The summed E-state index contributed by atoms with van der Waals surface area (Å²) in [5, 5.41) is 17.1. The van der Waals surface area contributed by atoms with Crippen molar-refractivity contribution in [1.29, 1.82) is 5.26 Å². The van der Waals surface area contributed by atoms with Gasteiger partial charge in [-0.25, -0.2) is 4.79 Å². The van der Waals surface area contributed by atoms with Gasteiger partial charge in [0.2, 0.25) is 0 Å². The topological polar surface area (TPSA) is 87.1 Å². The number of nitrogens with zero attached hydrogens (tertiary/aromatic N) is 1. The van der Waals surface area contributed by atoms with Gasteiger partial charge in [-0.2, -0.15) is 5.26 Å². The molecule has 4 heteroatoms. The van der Waals surface area contributed by atoms with Crippen LogP contribution >= 0.6 is 0 Å². The molecule has 0 saturated heterocycles. The maximum Gasteiger partial charge on any atom is 0.337 e. The molecule has 0 amide bonds. The molecular weight excluding hydrogens is 168 g/mol. The van der Waals surface area contributed by atoms with Crippen molar-refractivity contribution < 1.29 is 9.90 Å². The number of rotatable bonds is 2. The molecule has 0 aliphatic rings. The minimum absolute atomic E-state index is 0.0488. The molecule has 0 saturated carbocycles. The lowest BCUT2D eigenvalue weighted by molar-refractivity contribution is 0.0698. The molecule has 0 aliphatic carbocycles. The molecule has 66 valence electrons. The van der Waals surface area contributed by atoms with E-state index in [1.165, 1.54) is 12.1 Å². The van der Waals surface area contributed by atoms with E-state index in [-0.39, 0.29) is 17.7 Å². The second kappa shape index (κ2) is 3.59. The molecule has 0 spiro atoms. The molecule has 0 atom stereocenters. The molecule has 0 heterocycles. The zero-order valence-electron chi connectivity index (χ0n) is 6.82. The summed E-state index contributed by atoms with van der Waals surface area (Å²) >= 11 is 0. The number of carbonyl (C=O) groups is 1. The summed E-state index contributed by atoms with van der Waals surface area (Å²) in [6, 6.07) is 6.49. The molecule has 3 N–H and O–H groups in total. The fraction of sp³-hybridized carbons (Fsp3) is 0.111. The average Bonchev–Trinajstić information content (AvgIpc) is 2.08. The standard InChI is InChI=1S/C9H8N2O2/c10-4-3-6-1-2-8(11)7(5-6)9(12)13/h1-2,5H,3,11H2,(H,12,13). The number of nitrogens with two attached hydrogens (primary N) is 1. The molecule has 0 aliphatic heterocycles. The summed E-state index contributed by atoms with van der Waals surface area (Å²) in [6.45, 7) is 0. The minimum Gasteiger partial charge on any atom is -0.478 e. The Balaban J connectivity index is 3.13. The van der Waals surface area contributed by atoms with E-state index in [9.17, 15) is 4.79 Å². The molecule has 0 aromatic heterocycles. The molecule has 0 unspecified atom stereocenters. The van der Waals surface area contributed by atoms with E-state index >= 15 is 0 Å². The second-order valence-corrected chi connectivity index (χ2v) is 2.56. The lowest BCUT2D eigenvalue weighted by Gasteiger charge is -2.01. The lowest BCUT2D eigenvalue weighted by atomic mass is 10.1. The third kappa shape index (κ3) is 1.97. The maximum absolute atomic E-state index is 10.6. The third-order valence-electron chi connectivity index (χ3n) is 1.63. The highest BCUT2D eigenvalue weighted by atomic mass is 16.4. The molecule has 1 aromatic carbocycles. The summed E-state index contributed by atoms with van der Waals surface area (Å²) in [4.78, 5) is 10.6. The molecule has 0 fully saturated rings. The number of benzene rings is 1. The molecule has 1 rings (SSSR count). The van der Waals surface area contributed by atoms with Gasteiger partial charge in [0.25, 0.3) is 0 Å². The summed E-state index contributed by atoms with van der Waals surface area (Å²) in [7, 11) is 0. The van der Waals surface area contributed by atoms with Crippen LogP contribution in [0, 0.1) is 11.3 Å². The number of nitriles is 1.